The van der Waals surface area contributed by atoms with Gasteiger partial charge in [0.2, 0.25) is 0 Å². The van der Waals surface area contributed by atoms with Gasteiger partial charge in [0.15, 0.2) is 0 Å². The van der Waals surface area contributed by atoms with Crippen molar-refractivity contribution in [2.45, 2.75) is 20.0 Å². The quantitative estimate of drug-likeness (QED) is 0.468. The Kier molecular flexibility index (Phi) is 4.44. The number of nitrogens with one attached hydrogen (secondary N) is 1. The zero-order valence-electron chi connectivity index (χ0n) is 5.59. The summed E-state index contributed by atoms with van der Waals surface area (Å²) >= 11 is 1.26. The summed E-state index contributed by atoms with van der Waals surface area (Å²) in [5.41, 5.74) is 2.12. The molecule has 0 saturated heterocycles. The molecule has 2 N–H and O–H groups in total. The Balaban J connectivity index is 3.68. The SMILES string of the molecule is C/C(=C\SC=N)[C@@H](C)O. The topological polar surface area (TPSA) is 44.1 Å². The standard InChI is InChI=1S/C6H11NOS/c1-5(6(2)8)3-9-4-7/h3-4,6-8H,1-2H3/b5-3+,7-4?/t6-/m1/s1. The first kappa shape index (κ1) is 8.72. The minimum absolute atomic E-state index is 0.391. The van der Waals surface area contributed by atoms with Crippen LogP contribution in [-0.2, 0) is 0 Å². The van der Waals surface area contributed by atoms with Gasteiger partial charge < -0.3 is 10.5 Å². The van der Waals surface area contributed by atoms with Gasteiger partial charge in [0.1, 0.15) is 0 Å². The van der Waals surface area contributed by atoms with Gasteiger partial charge in [-0.15, -0.1) is 0 Å². The predicted octanol–water partition coefficient (Wildman–Crippen LogP) is 1.61. The maximum absolute atomic E-state index is 8.89. The molecule has 0 amide bonds. The number of aliphatic hydroxyl groups excluding tert-OH is 1. The highest BCUT2D eigenvalue weighted by Crippen LogP contribution is 2.06. The lowest BCUT2D eigenvalue weighted by molar-refractivity contribution is 0.232. The van der Waals surface area contributed by atoms with Gasteiger partial charge in [0.25, 0.3) is 0 Å². The van der Waals surface area contributed by atoms with Crippen LogP contribution in [0.5, 0.6) is 0 Å². The van der Waals surface area contributed by atoms with Crippen LogP contribution >= 0.6 is 11.8 Å². The molecule has 0 spiro atoms. The van der Waals surface area contributed by atoms with Gasteiger partial charge in [0.05, 0.1) is 11.7 Å². The first-order valence-electron chi connectivity index (χ1n) is 2.67. The molecule has 0 aromatic carbocycles. The number of hydrogen-bond acceptors (Lipinski definition) is 3. The van der Waals surface area contributed by atoms with Gasteiger partial charge in [-0.25, -0.2) is 0 Å². The molecule has 0 aliphatic heterocycles. The molecule has 0 aliphatic carbocycles. The largest absolute Gasteiger partial charge is 0.389 e. The molecule has 52 valence electrons. The van der Waals surface area contributed by atoms with E-state index in [4.69, 9.17) is 10.5 Å². The van der Waals surface area contributed by atoms with Crippen LogP contribution in [0.3, 0.4) is 0 Å². The van der Waals surface area contributed by atoms with Gasteiger partial charge >= 0.3 is 0 Å². The maximum atomic E-state index is 8.89. The van der Waals surface area contributed by atoms with Crippen molar-refractivity contribution in [1.82, 2.24) is 0 Å². The summed E-state index contributed by atoms with van der Waals surface area (Å²) in [6.07, 6.45) is -0.391. The lowest BCUT2D eigenvalue weighted by Crippen LogP contribution is -1.99. The highest BCUT2D eigenvalue weighted by Gasteiger charge is 1.94. The zero-order valence-corrected chi connectivity index (χ0v) is 6.40. The van der Waals surface area contributed by atoms with Gasteiger partial charge in [0, 0.05) is 0 Å². The van der Waals surface area contributed by atoms with Crippen LogP contribution in [0.4, 0.5) is 0 Å². The second-order valence-corrected chi connectivity index (χ2v) is 2.54. The normalized spacial score (nSPS) is 15.2. The highest BCUT2D eigenvalue weighted by atomic mass is 32.2. The molecule has 0 aromatic heterocycles. The van der Waals surface area contributed by atoms with Gasteiger partial charge in [-0.1, -0.05) is 11.8 Å². The van der Waals surface area contributed by atoms with E-state index in [1.807, 2.05) is 6.92 Å². The molecular formula is C6H11NOS. The minimum atomic E-state index is -0.391. The summed E-state index contributed by atoms with van der Waals surface area (Å²) < 4.78 is 0. The average Bonchev–Trinajstić information content (AvgIpc) is 1.82. The van der Waals surface area contributed by atoms with E-state index >= 15 is 0 Å². The fourth-order valence-electron chi connectivity index (χ4n) is 0.240. The van der Waals surface area contributed by atoms with E-state index in [1.54, 1.807) is 12.3 Å². The number of aliphatic hydroxyl groups is 1. The Bertz CT molecular complexity index is 120. The molecule has 0 rings (SSSR count). The Morgan fingerprint density at radius 1 is 1.78 bits per heavy atom. The first-order valence-corrected chi connectivity index (χ1v) is 3.62. The Hall–Kier alpha value is -0.280. The molecule has 3 heteroatoms. The molecule has 0 saturated carbocycles. The first-order chi connectivity index (χ1) is 4.18. The van der Waals surface area contributed by atoms with Gasteiger partial charge in [-0.2, -0.15) is 0 Å². The van der Waals surface area contributed by atoms with Crippen molar-refractivity contribution >= 4 is 17.3 Å². The fourth-order valence-corrected chi connectivity index (χ4v) is 0.719. The smallest absolute Gasteiger partial charge is 0.0727 e. The summed E-state index contributed by atoms with van der Waals surface area (Å²) in [5.74, 6) is 0. The van der Waals surface area contributed by atoms with E-state index < -0.39 is 6.10 Å². The van der Waals surface area contributed by atoms with Crippen LogP contribution in [0.15, 0.2) is 11.0 Å². The van der Waals surface area contributed by atoms with Crippen LogP contribution in [0.2, 0.25) is 0 Å². The lowest BCUT2D eigenvalue weighted by atomic mass is 10.2. The molecule has 0 bridgehead atoms. The third-order valence-corrected chi connectivity index (χ3v) is 1.62. The Labute approximate surface area is 59.5 Å². The Morgan fingerprint density at radius 2 is 2.33 bits per heavy atom. The molecule has 9 heavy (non-hydrogen) atoms. The molecule has 0 heterocycles. The molecule has 2 nitrogen and oxygen atoms in total. The van der Waals surface area contributed by atoms with E-state index in [9.17, 15) is 0 Å². The van der Waals surface area contributed by atoms with Crippen molar-refractivity contribution in [3.8, 4) is 0 Å². The van der Waals surface area contributed by atoms with Crippen molar-refractivity contribution in [3.05, 3.63) is 11.0 Å². The summed E-state index contributed by atoms with van der Waals surface area (Å²) in [6, 6.07) is 0. The van der Waals surface area contributed by atoms with Crippen molar-refractivity contribution in [2.24, 2.45) is 0 Å². The second-order valence-electron chi connectivity index (χ2n) is 1.79. The Morgan fingerprint density at radius 3 is 2.67 bits per heavy atom. The lowest BCUT2D eigenvalue weighted by Gasteiger charge is -2.00. The number of thioether (sulfide) groups is 1. The predicted molar refractivity (Wildman–Crippen MR) is 41.8 cm³/mol. The third-order valence-electron chi connectivity index (χ3n) is 0.981. The monoisotopic (exact) mass is 145 g/mol. The van der Waals surface area contributed by atoms with E-state index in [-0.39, 0.29) is 0 Å². The van der Waals surface area contributed by atoms with Crippen molar-refractivity contribution in [3.63, 3.8) is 0 Å². The molecule has 0 radical (unpaired) electrons. The van der Waals surface area contributed by atoms with E-state index in [1.165, 1.54) is 17.3 Å². The zero-order chi connectivity index (χ0) is 7.28. The van der Waals surface area contributed by atoms with Crippen LogP contribution in [0.1, 0.15) is 13.8 Å². The van der Waals surface area contributed by atoms with Crippen LogP contribution in [-0.4, -0.2) is 16.8 Å². The van der Waals surface area contributed by atoms with Crippen molar-refractivity contribution in [2.75, 3.05) is 0 Å². The molecule has 0 aliphatic rings. The van der Waals surface area contributed by atoms with Crippen LogP contribution < -0.4 is 0 Å². The summed E-state index contributed by atoms with van der Waals surface area (Å²) in [7, 11) is 0. The third kappa shape index (κ3) is 4.24. The highest BCUT2D eigenvalue weighted by molar-refractivity contribution is 8.14. The maximum Gasteiger partial charge on any atom is 0.0727 e. The minimum Gasteiger partial charge on any atom is -0.389 e. The average molecular weight is 145 g/mol. The summed E-state index contributed by atoms with van der Waals surface area (Å²) in [5, 5.41) is 17.3. The summed E-state index contributed by atoms with van der Waals surface area (Å²) in [6.45, 7) is 3.54. The van der Waals surface area contributed by atoms with Crippen molar-refractivity contribution in [1.29, 1.82) is 5.41 Å². The van der Waals surface area contributed by atoms with Gasteiger partial charge in [-0.3, -0.25) is 0 Å². The van der Waals surface area contributed by atoms with Crippen molar-refractivity contribution < 1.29 is 5.11 Å². The molecular weight excluding hydrogens is 134 g/mol. The van der Waals surface area contributed by atoms with E-state index in [2.05, 4.69) is 0 Å². The van der Waals surface area contributed by atoms with E-state index in [0.717, 1.165) is 5.57 Å². The molecule has 0 unspecified atom stereocenters. The fraction of sp³-hybridized carbons (Fsp3) is 0.500. The van der Waals surface area contributed by atoms with Crippen LogP contribution in [0, 0.1) is 5.41 Å². The second kappa shape index (κ2) is 4.58. The van der Waals surface area contributed by atoms with Gasteiger partial charge in [-0.05, 0) is 24.8 Å². The summed E-state index contributed by atoms with van der Waals surface area (Å²) in [4.78, 5) is 0. The van der Waals surface area contributed by atoms with Crippen LogP contribution in [0.25, 0.3) is 0 Å². The molecule has 0 aromatic rings. The molecule has 0 fully saturated rings. The number of rotatable bonds is 3. The number of hydrogen-bond donors (Lipinski definition) is 2. The molecule has 1 atom stereocenters. The van der Waals surface area contributed by atoms with E-state index in [0.29, 0.717) is 0 Å².